The average Bonchev–Trinajstić information content (AvgIpc) is 2.19. The van der Waals surface area contributed by atoms with Crippen LogP contribution in [-0.2, 0) is 4.57 Å². The van der Waals surface area contributed by atoms with Crippen molar-refractivity contribution in [1.29, 1.82) is 0 Å². The van der Waals surface area contributed by atoms with Crippen molar-refractivity contribution in [2.75, 3.05) is 0 Å². The van der Waals surface area contributed by atoms with Crippen LogP contribution in [0.1, 0.15) is 0 Å². The third-order valence-corrected chi connectivity index (χ3v) is 5.81. The maximum Gasteiger partial charge on any atom is 0.469 e. The van der Waals surface area contributed by atoms with E-state index in [9.17, 15) is 9.67 Å². The second kappa shape index (κ2) is 5.85. The Hall–Kier alpha value is 0.110. The summed E-state index contributed by atoms with van der Waals surface area (Å²) in [5.74, 6) is -0.172. The van der Waals surface area contributed by atoms with Crippen molar-refractivity contribution in [2.24, 2.45) is 4.99 Å². The number of aromatic hydroxyl groups is 1. The molecule has 8 nitrogen and oxygen atoms in total. The highest BCUT2D eigenvalue weighted by Gasteiger charge is 2.51. The lowest BCUT2D eigenvalue weighted by atomic mass is 10.3. The fourth-order valence-electron chi connectivity index (χ4n) is 1.04. The lowest BCUT2D eigenvalue weighted by Crippen LogP contribution is -2.05. The first-order valence-electron chi connectivity index (χ1n) is 4.33. The van der Waals surface area contributed by atoms with Crippen LogP contribution < -0.4 is 0 Å². The molecule has 0 radical (unpaired) electrons. The van der Waals surface area contributed by atoms with Gasteiger partial charge in [-0.1, -0.05) is 0 Å². The predicted octanol–water partition coefficient (Wildman–Crippen LogP) is 1.82. The molecule has 19 heavy (non-hydrogen) atoms. The van der Waals surface area contributed by atoms with Gasteiger partial charge in [-0.05, 0) is 44.0 Å². The number of halogens is 2. The van der Waals surface area contributed by atoms with Crippen molar-refractivity contribution in [1.82, 2.24) is 0 Å². The Morgan fingerprint density at radius 3 is 1.89 bits per heavy atom. The Morgan fingerprint density at radius 1 is 1.16 bits per heavy atom. The molecule has 0 fully saturated rings. The smallest absolute Gasteiger partial charge is 0.469 e. The molecular weight excluding hydrogens is 432 g/mol. The molecular formula is C7H8Br2NO7P2+. The molecule has 0 amide bonds. The Balaban J connectivity index is 3.44. The highest BCUT2D eigenvalue weighted by molar-refractivity contribution is 9.11. The molecule has 106 valence electrons. The van der Waals surface area contributed by atoms with E-state index in [1.165, 1.54) is 12.1 Å². The van der Waals surface area contributed by atoms with Gasteiger partial charge >= 0.3 is 20.7 Å². The second-order valence-corrected chi connectivity index (χ2v) is 8.42. The standard InChI is InChI=1S/C7H7Br2NO7P2/c8-4-1-3(2-5(9)6(4)11)10-7(18(12,13)14)19(15,16)17/h1-2,12-14H,(H2-,11,15,16,17)/p+1. The summed E-state index contributed by atoms with van der Waals surface area (Å²) in [6.45, 7) is 0. The van der Waals surface area contributed by atoms with E-state index in [4.69, 9.17) is 24.5 Å². The molecule has 0 aliphatic carbocycles. The van der Waals surface area contributed by atoms with E-state index < -0.39 is 20.7 Å². The molecule has 6 N–H and O–H groups in total. The Labute approximate surface area is 124 Å². The minimum Gasteiger partial charge on any atom is -0.506 e. The van der Waals surface area contributed by atoms with Gasteiger partial charge in [-0.3, -0.25) is 0 Å². The number of nitrogens with zero attached hydrogens (tertiary/aromatic N) is 1. The summed E-state index contributed by atoms with van der Waals surface area (Å²) in [7, 11) is -10.1. The molecule has 0 heterocycles. The second-order valence-electron chi connectivity index (χ2n) is 3.28. The lowest BCUT2D eigenvalue weighted by molar-refractivity contribution is 0.349. The fourth-order valence-corrected chi connectivity index (χ4v) is 4.09. The van der Waals surface area contributed by atoms with E-state index >= 15 is 0 Å². The number of phenolic OH excluding ortho intramolecular Hbond substituents is 1. The number of benzene rings is 1. The molecule has 0 spiro atoms. The molecule has 0 saturated carbocycles. The average molecular weight is 440 g/mol. The van der Waals surface area contributed by atoms with Gasteiger partial charge in [-0.15, -0.1) is 0 Å². The number of hydrogen-bond acceptors (Lipinski definition) is 6. The minimum absolute atomic E-state index is 0.114. The first-order valence-corrected chi connectivity index (χ1v) is 9.18. The highest BCUT2D eigenvalue weighted by atomic mass is 79.9. The minimum atomic E-state index is -5.15. The predicted molar refractivity (Wildman–Crippen MR) is 76.2 cm³/mol. The highest BCUT2D eigenvalue weighted by Crippen LogP contribution is 2.61. The lowest BCUT2D eigenvalue weighted by Gasteiger charge is -2.08. The van der Waals surface area contributed by atoms with Crippen LogP contribution in [0.25, 0.3) is 0 Å². The van der Waals surface area contributed by atoms with Gasteiger partial charge in [0.2, 0.25) is 0 Å². The first kappa shape index (κ1) is 17.2. The van der Waals surface area contributed by atoms with Crippen molar-refractivity contribution in [3.8, 4) is 5.75 Å². The molecule has 12 heteroatoms. The summed E-state index contributed by atoms with van der Waals surface area (Å²) in [5.41, 5.74) is -0.114. The van der Waals surface area contributed by atoms with Gasteiger partial charge in [0.15, 0.2) is 0 Å². The SMILES string of the molecule is O=P(O)(O)C(=Nc1cc(Br)c(O)c(Br)c1)[P+](O)(O)O. The van der Waals surface area contributed by atoms with Gasteiger partial charge in [-0.2, -0.15) is 19.7 Å². The molecule has 0 saturated heterocycles. The van der Waals surface area contributed by atoms with Crippen LogP contribution in [0.5, 0.6) is 5.75 Å². The topological polar surface area (TPSA) is 151 Å². The Kier molecular flexibility index (Phi) is 5.28. The molecule has 1 rings (SSSR count). The van der Waals surface area contributed by atoms with Crippen LogP contribution in [0.3, 0.4) is 0 Å². The zero-order valence-corrected chi connectivity index (χ0v) is 13.8. The largest absolute Gasteiger partial charge is 0.506 e. The van der Waals surface area contributed by atoms with Crippen molar-refractivity contribution in [3.63, 3.8) is 0 Å². The van der Waals surface area contributed by atoms with Crippen LogP contribution >= 0.6 is 47.4 Å². The normalized spacial score (nSPS) is 13.7. The molecule has 1 aromatic rings. The van der Waals surface area contributed by atoms with Crippen LogP contribution in [0.4, 0.5) is 5.69 Å². The monoisotopic (exact) mass is 438 g/mol. The first-order chi connectivity index (χ1) is 8.43. The molecule has 0 unspecified atom stereocenters. The van der Waals surface area contributed by atoms with Crippen LogP contribution in [0, 0.1) is 0 Å². The van der Waals surface area contributed by atoms with E-state index in [1.807, 2.05) is 0 Å². The third kappa shape index (κ3) is 4.56. The number of rotatable bonds is 3. The van der Waals surface area contributed by atoms with E-state index in [1.54, 1.807) is 0 Å². The van der Waals surface area contributed by atoms with Crippen molar-refractivity contribution in [3.05, 3.63) is 21.1 Å². The van der Waals surface area contributed by atoms with E-state index in [-0.39, 0.29) is 20.4 Å². The summed E-state index contributed by atoms with van der Waals surface area (Å²) in [6.07, 6.45) is 0. The van der Waals surface area contributed by atoms with Crippen molar-refractivity contribution >= 4 is 58.3 Å². The number of aliphatic imine (C=N–C) groups is 1. The van der Waals surface area contributed by atoms with Gasteiger partial charge in [0.25, 0.3) is 0 Å². The van der Waals surface area contributed by atoms with E-state index in [2.05, 4.69) is 36.9 Å². The number of hydrogen-bond donors (Lipinski definition) is 6. The molecule has 1 aromatic carbocycles. The summed E-state index contributed by atoms with van der Waals surface area (Å²) in [4.78, 5) is 48.2. The summed E-state index contributed by atoms with van der Waals surface area (Å²) in [6, 6.07) is 2.34. The van der Waals surface area contributed by atoms with Crippen LogP contribution in [-0.4, -0.2) is 34.8 Å². The van der Waals surface area contributed by atoms with Crippen LogP contribution in [0.2, 0.25) is 0 Å². The van der Waals surface area contributed by atoms with Gasteiger partial charge in [0.05, 0.1) is 14.6 Å². The van der Waals surface area contributed by atoms with Gasteiger partial charge in [-0.25, -0.2) is 4.57 Å². The zero-order chi connectivity index (χ0) is 15.0. The van der Waals surface area contributed by atoms with E-state index in [0.717, 1.165) is 0 Å². The van der Waals surface area contributed by atoms with Gasteiger partial charge in [0.1, 0.15) is 5.75 Å². The quantitative estimate of drug-likeness (QED) is 0.310. The van der Waals surface area contributed by atoms with Gasteiger partial charge in [0, 0.05) is 0 Å². The molecule has 0 bridgehead atoms. The van der Waals surface area contributed by atoms with Crippen molar-refractivity contribution < 1.29 is 34.1 Å². The fraction of sp³-hybridized carbons (Fsp3) is 0. The molecule has 0 atom stereocenters. The maximum absolute atomic E-state index is 11.1. The Bertz CT molecular complexity index is 556. The molecule has 0 aliphatic rings. The summed E-state index contributed by atoms with van der Waals surface area (Å²) >= 11 is 5.93. The van der Waals surface area contributed by atoms with Crippen LogP contribution in [0.15, 0.2) is 26.1 Å². The maximum atomic E-state index is 11.1. The summed E-state index contributed by atoms with van der Waals surface area (Å²) < 4.78 is 11.4. The molecule has 0 aliphatic heterocycles. The zero-order valence-electron chi connectivity index (χ0n) is 8.84. The number of phenols is 1. The third-order valence-electron chi connectivity index (χ3n) is 1.76. The Morgan fingerprint density at radius 2 is 1.58 bits per heavy atom. The summed E-state index contributed by atoms with van der Waals surface area (Å²) in [5, 5.41) is 8.02. The molecule has 0 aromatic heterocycles. The van der Waals surface area contributed by atoms with Gasteiger partial charge < -0.3 is 14.9 Å². The van der Waals surface area contributed by atoms with E-state index in [0.29, 0.717) is 0 Å². The van der Waals surface area contributed by atoms with Crippen molar-refractivity contribution in [2.45, 2.75) is 0 Å².